The van der Waals surface area contributed by atoms with Crippen LogP contribution in [0.3, 0.4) is 0 Å². The highest BCUT2D eigenvalue weighted by Crippen LogP contribution is 2.51. The summed E-state index contributed by atoms with van der Waals surface area (Å²) >= 11 is 0. The molecule has 4 nitrogen and oxygen atoms in total. The number of fused-ring (bicyclic) bond motifs is 28. The summed E-state index contributed by atoms with van der Waals surface area (Å²) in [7, 11) is 0. The van der Waals surface area contributed by atoms with E-state index in [1.165, 1.54) is 202 Å². The minimum Gasteiger partial charge on any atom is -0.311 e. The normalized spacial score (nSPS) is 13.4. The average Bonchev–Trinajstić information content (AvgIpc) is 0.824. The first-order valence-corrected chi connectivity index (χ1v) is 42.3. The maximum absolute atomic E-state index is 2.69. The monoisotopic (exact) mass is 1510 g/mol. The van der Waals surface area contributed by atoms with Crippen molar-refractivity contribution in [1.29, 1.82) is 0 Å². The van der Waals surface area contributed by atoms with E-state index in [-0.39, 0.29) is 28.4 Å². The zero-order valence-corrected chi connectivity index (χ0v) is 69.2. The van der Waals surface area contributed by atoms with Gasteiger partial charge in [-0.15, -0.1) is 0 Å². The van der Waals surface area contributed by atoms with Crippen molar-refractivity contribution >= 4 is 198 Å². The molecule has 5 heteroatoms. The number of nitrogens with zero attached hydrogens (tertiary/aromatic N) is 4. The third-order valence-corrected chi connectivity index (χ3v) is 26.8. The van der Waals surface area contributed by atoms with Gasteiger partial charge >= 0.3 is 0 Å². The molecule has 0 amide bonds. The molecular weight excluding hydrogens is 1420 g/mol. The number of hydrogen-bond acceptors (Lipinski definition) is 2. The van der Waals surface area contributed by atoms with E-state index >= 15 is 0 Å². The molecule has 0 spiro atoms. The molecule has 118 heavy (non-hydrogen) atoms. The Balaban J connectivity index is 0.851. The Kier molecular flexibility index (Phi) is 15.0. The standard InChI is InChI=1S/C113H91BN4/c1-110(2,3)69-38-51-101-95(59-69)96-60-70(111(4,5)6)39-52-102(96)115(101)75-44-49-99-105(65-75)117(73-42-47-90-84-32-17-14-26-78(84)81-29-20-23-35-87(81)93(90)63-73)107-57-68(55-67-37-46-89-83-31-16-13-25-77(83)80-28-19-22-34-86(80)92(89)56-67)58-108-109(107)114(99)100-50-45-76(116-103-53-40-71(112(7,8)9)61-97(103)98-62-72(113(10,11)12)41-54-104(98)116)66-106(100)118(108)74-43-48-91-85-33-18-15-27-79(85)82-30-21-24-36-88(82)94(91)64-74/h13-54,56-66H,55H2,1-12H3. The summed E-state index contributed by atoms with van der Waals surface area (Å²) in [6, 6.07) is 126. The minimum absolute atomic E-state index is 0.0589. The summed E-state index contributed by atoms with van der Waals surface area (Å²) in [5.74, 6) is 0. The van der Waals surface area contributed by atoms with E-state index in [2.05, 4.69) is 424 Å². The lowest BCUT2D eigenvalue weighted by Crippen LogP contribution is -2.61. The van der Waals surface area contributed by atoms with Crippen LogP contribution < -0.4 is 26.2 Å². The molecule has 0 saturated carbocycles. The summed E-state index contributed by atoms with van der Waals surface area (Å²) < 4.78 is 5.14. The quantitative estimate of drug-likeness (QED) is 0.122. The summed E-state index contributed by atoms with van der Waals surface area (Å²) in [5.41, 5.74) is 25.1. The lowest BCUT2D eigenvalue weighted by Gasteiger charge is -2.45. The van der Waals surface area contributed by atoms with Gasteiger partial charge in [-0.25, -0.2) is 0 Å². The Morgan fingerprint density at radius 3 is 0.763 bits per heavy atom. The molecule has 0 radical (unpaired) electrons. The Morgan fingerprint density at radius 1 is 0.203 bits per heavy atom. The second-order valence-electron chi connectivity index (χ2n) is 38.0. The largest absolute Gasteiger partial charge is 0.311 e. The van der Waals surface area contributed by atoms with Gasteiger partial charge in [-0.05, 0) is 284 Å². The van der Waals surface area contributed by atoms with Gasteiger partial charge in [-0.1, -0.05) is 295 Å². The van der Waals surface area contributed by atoms with E-state index in [9.17, 15) is 0 Å². The fourth-order valence-electron chi connectivity index (χ4n) is 20.8. The summed E-state index contributed by atoms with van der Waals surface area (Å²) in [5, 5.41) is 27.7. The first-order valence-electron chi connectivity index (χ1n) is 42.3. The van der Waals surface area contributed by atoms with Crippen LogP contribution in [0.4, 0.5) is 34.1 Å². The average molecular weight is 1520 g/mol. The van der Waals surface area contributed by atoms with E-state index in [0.29, 0.717) is 6.42 Å². The van der Waals surface area contributed by atoms with Crippen molar-refractivity contribution in [3.8, 4) is 11.4 Å². The highest BCUT2D eigenvalue weighted by molar-refractivity contribution is 7.00. The van der Waals surface area contributed by atoms with Gasteiger partial charge < -0.3 is 18.9 Å². The van der Waals surface area contributed by atoms with Crippen LogP contribution in [0.1, 0.15) is 116 Å². The number of benzene rings is 19. The van der Waals surface area contributed by atoms with Crippen LogP contribution in [-0.4, -0.2) is 15.8 Å². The molecule has 21 aromatic rings. The smallest absolute Gasteiger partial charge is 0.252 e. The van der Waals surface area contributed by atoms with E-state index in [1.807, 2.05) is 0 Å². The van der Waals surface area contributed by atoms with Gasteiger partial charge in [0.05, 0.1) is 22.1 Å². The molecule has 0 saturated heterocycles. The zero-order valence-electron chi connectivity index (χ0n) is 69.2. The number of aromatic nitrogens is 2. The van der Waals surface area contributed by atoms with Crippen molar-refractivity contribution in [2.45, 2.75) is 111 Å². The maximum Gasteiger partial charge on any atom is 0.252 e. The third kappa shape index (κ3) is 10.5. The second kappa shape index (κ2) is 25.2. The summed E-state index contributed by atoms with van der Waals surface area (Å²) in [6.07, 6.45) is 0.676. The maximum atomic E-state index is 2.69. The van der Waals surface area contributed by atoms with Gasteiger partial charge in [-0.3, -0.25) is 0 Å². The summed E-state index contributed by atoms with van der Waals surface area (Å²) in [4.78, 5) is 5.38. The fourth-order valence-corrected chi connectivity index (χ4v) is 20.8. The summed E-state index contributed by atoms with van der Waals surface area (Å²) in [6.45, 7) is 27.9. The first-order chi connectivity index (χ1) is 57.0. The minimum atomic E-state index is -0.223. The first kappa shape index (κ1) is 70.2. The van der Waals surface area contributed by atoms with Crippen molar-refractivity contribution in [1.82, 2.24) is 9.13 Å². The predicted molar refractivity (Wildman–Crippen MR) is 511 cm³/mol. The molecule has 23 rings (SSSR count). The van der Waals surface area contributed by atoms with Gasteiger partial charge in [0.25, 0.3) is 6.71 Å². The van der Waals surface area contributed by atoms with Gasteiger partial charge in [0, 0.05) is 67.0 Å². The molecule has 0 aliphatic carbocycles. The Hall–Kier alpha value is -13.2. The van der Waals surface area contributed by atoms with Gasteiger partial charge in [-0.2, -0.15) is 0 Å². The Morgan fingerprint density at radius 2 is 0.466 bits per heavy atom. The SMILES string of the molecule is CC(C)(C)c1ccc2c(c1)c1cc(C(C)(C)C)ccc1n2-c1ccc2c(c1)N(c1ccc3c4ccccc4c4ccccc4c3c1)c1cc(Cc3ccc4c5ccccc5c5ccccc5c4c3)cc3c1B2c1ccc(-n2c4ccc(C(C)(C)C)cc4c4cc(C(C)(C)C)ccc42)cc1N3c1ccc2c3ccccc3c3ccccc3c2c1. The number of hydrogen-bond donors (Lipinski definition) is 0. The number of anilines is 6. The molecule has 0 unspecified atom stereocenters. The van der Waals surface area contributed by atoms with Crippen LogP contribution in [0.15, 0.2) is 322 Å². The van der Waals surface area contributed by atoms with Crippen molar-refractivity contribution < 1.29 is 0 Å². The van der Waals surface area contributed by atoms with Crippen LogP contribution in [0, 0.1) is 0 Å². The van der Waals surface area contributed by atoms with E-state index in [4.69, 9.17) is 0 Å². The van der Waals surface area contributed by atoms with Crippen molar-refractivity contribution in [2.24, 2.45) is 0 Å². The Bertz CT molecular complexity index is 7340. The van der Waals surface area contributed by atoms with E-state index < -0.39 is 0 Å². The second-order valence-corrected chi connectivity index (χ2v) is 38.0. The van der Waals surface area contributed by atoms with Crippen LogP contribution >= 0.6 is 0 Å². The zero-order chi connectivity index (χ0) is 79.9. The molecule has 0 atom stereocenters. The fraction of sp³-hybridized carbons (Fsp3) is 0.150. The molecule has 19 aromatic carbocycles. The van der Waals surface area contributed by atoms with E-state index in [1.54, 1.807) is 0 Å². The molecule has 0 fully saturated rings. The van der Waals surface area contributed by atoms with Crippen molar-refractivity contribution in [2.75, 3.05) is 9.80 Å². The molecular formula is C113H91BN4. The molecule has 2 aliphatic rings. The van der Waals surface area contributed by atoms with E-state index in [0.717, 1.165) is 34.1 Å². The van der Waals surface area contributed by atoms with Crippen LogP contribution in [0.2, 0.25) is 0 Å². The molecule has 4 heterocycles. The van der Waals surface area contributed by atoms with Crippen molar-refractivity contribution in [3.05, 3.63) is 355 Å². The van der Waals surface area contributed by atoms with Crippen molar-refractivity contribution in [3.63, 3.8) is 0 Å². The lowest BCUT2D eigenvalue weighted by atomic mass is 9.33. The molecule has 566 valence electrons. The molecule has 2 aliphatic heterocycles. The van der Waals surface area contributed by atoms with Crippen LogP contribution in [0.5, 0.6) is 0 Å². The highest BCUT2D eigenvalue weighted by Gasteiger charge is 2.45. The lowest BCUT2D eigenvalue weighted by molar-refractivity contribution is 0.590. The van der Waals surface area contributed by atoms with Crippen LogP contribution in [-0.2, 0) is 28.1 Å². The predicted octanol–water partition coefficient (Wildman–Crippen LogP) is 29.1. The molecule has 2 aromatic heterocycles. The van der Waals surface area contributed by atoms with Crippen LogP contribution in [0.25, 0.3) is 152 Å². The molecule has 0 bridgehead atoms. The van der Waals surface area contributed by atoms with Gasteiger partial charge in [0.2, 0.25) is 0 Å². The van der Waals surface area contributed by atoms with Gasteiger partial charge in [0.15, 0.2) is 0 Å². The highest BCUT2D eigenvalue weighted by atomic mass is 15.2. The topological polar surface area (TPSA) is 16.3 Å². The Labute approximate surface area is 689 Å². The third-order valence-electron chi connectivity index (χ3n) is 26.8. The number of rotatable bonds is 6. The van der Waals surface area contributed by atoms with Gasteiger partial charge in [0.1, 0.15) is 0 Å². The molecule has 0 N–H and O–H groups in total.